The van der Waals surface area contributed by atoms with Gasteiger partial charge < -0.3 is 5.32 Å². The van der Waals surface area contributed by atoms with Gasteiger partial charge in [0.2, 0.25) is 5.91 Å². The van der Waals surface area contributed by atoms with Gasteiger partial charge in [0.25, 0.3) is 5.56 Å². The number of nitrogens with zero attached hydrogens (tertiary/aromatic N) is 2. The molecule has 0 spiro atoms. The molecule has 0 saturated carbocycles. The maximum atomic E-state index is 12.2. The average molecular weight is 331 g/mol. The summed E-state index contributed by atoms with van der Waals surface area (Å²) in [6, 6.07) is 5.65. The minimum atomic E-state index is -0.175. The number of carbonyl (C=O) groups is 1. The lowest BCUT2D eigenvalue weighted by atomic mass is 10.4. The Morgan fingerprint density at radius 1 is 1.32 bits per heavy atom. The molecule has 5 nitrogen and oxygen atoms in total. The van der Waals surface area contributed by atoms with Gasteiger partial charge in [-0.1, -0.05) is 6.07 Å². The fourth-order valence-electron chi connectivity index (χ4n) is 1.95. The maximum Gasteiger partial charge on any atom is 0.262 e. The van der Waals surface area contributed by atoms with E-state index in [-0.39, 0.29) is 11.5 Å². The van der Waals surface area contributed by atoms with Gasteiger partial charge in [-0.05, 0) is 29.0 Å². The van der Waals surface area contributed by atoms with Gasteiger partial charge in [-0.15, -0.1) is 22.7 Å². The molecule has 3 heterocycles. The van der Waals surface area contributed by atoms with Crippen LogP contribution < -0.4 is 10.9 Å². The zero-order valence-electron chi connectivity index (χ0n) is 11.6. The van der Waals surface area contributed by atoms with Crippen LogP contribution in [0.5, 0.6) is 0 Å². The molecule has 0 fully saturated rings. The predicted octanol–water partition coefficient (Wildman–Crippen LogP) is 2.35. The number of carbonyl (C=O) groups excluding carboxylic acids is 1. The zero-order chi connectivity index (χ0) is 15.4. The van der Waals surface area contributed by atoms with Crippen molar-refractivity contribution in [1.82, 2.24) is 14.9 Å². The van der Waals surface area contributed by atoms with Crippen LogP contribution >= 0.6 is 22.7 Å². The Hall–Kier alpha value is -2.25. The van der Waals surface area contributed by atoms with Crippen LogP contribution in [-0.2, 0) is 11.3 Å². The lowest BCUT2D eigenvalue weighted by Gasteiger charge is -2.05. The van der Waals surface area contributed by atoms with E-state index in [2.05, 4.69) is 10.3 Å². The zero-order valence-corrected chi connectivity index (χ0v) is 13.2. The Morgan fingerprint density at radius 3 is 3.05 bits per heavy atom. The van der Waals surface area contributed by atoms with E-state index in [1.165, 1.54) is 28.3 Å². The molecule has 0 aliphatic rings. The van der Waals surface area contributed by atoms with Gasteiger partial charge in [0.15, 0.2) is 0 Å². The van der Waals surface area contributed by atoms with Crippen LogP contribution in [0.4, 0.5) is 0 Å². The first kappa shape index (κ1) is 14.7. The summed E-state index contributed by atoms with van der Waals surface area (Å²) in [7, 11) is 0. The molecule has 0 aliphatic carbocycles. The molecular weight excluding hydrogens is 318 g/mol. The summed E-state index contributed by atoms with van der Waals surface area (Å²) in [5.41, 5.74) is -0.0744. The summed E-state index contributed by atoms with van der Waals surface area (Å²) in [5, 5.41) is 7.18. The second kappa shape index (κ2) is 6.67. The number of hydrogen-bond acceptors (Lipinski definition) is 5. The first-order valence-electron chi connectivity index (χ1n) is 6.66. The van der Waals surface area contributed by atoms with Gasteiger partial charge in [-0.3, -0.25) is 14.2 Å². The van der Waals surface area contributed by atoms with E-state index in [0.29, 0.717) is 18.5 Å². The number of rotatable bonds is 5. The third-order valence-corrected chi connectivity index (χ3v) is 4.70. The van der Waals surface area contributed by atoms with E-state index in [9.17, 15) is 9.59 Å². The topological polar surface area (TPSA) is 64.0 Å². The van der Waals surface area contributed by atoms with E-state index in [1.54, 1.807) is 23.5 Å². The minimum Gasteiger partial charge on any atom is -0.351 e. The molecule has 3 aromatic heterocycles. The molecular formula is C15H13N3O2S2. The predicted molar refractivity (Wildman–Crippen MR) is 90.2 cm³/mol. The second-order valence-corrected chi connectivity index (χ2v) is 6.40. The normalized spacial score (nSPS) is 11.3. The quantitative estimate of drug-likeness (QED) is 0.730. The van der Waals surface area contributed by atoms with Gasteiger partial charge in [0, 0.05) is 24.0 Å². The maximum absolute atomic E-state index is 12.2. The third kappa shape index (κ3) is 3.32. The van der Waals surface area contributed by atoms with Crippen LogP contribution in [-0.4, -0.2) is 22.0 Å². The van der Waals surface area contributed by atoms with Crippen LogP contribution in [0.2, 0.25) is 0 Å². The number of thiophene rings is 2. The third-order valence-electron chi connectivity index (χ3n) is 3.04. The van der Waals surface area contributed by atoms with E-state index in [4.69, 9.17) is 0 Å². The highest BCUT2D eigenvalue weighted by molar-refractivity contribution is 7.16. The van der Waals surface area contributed by atoms with Gasteiger partial charge in [-0.25, -0.2) is 4.98 Å². The highest BCUT2D eigenvalue weighted by atomic mass is 32.1. The van der Waals surface area contributed by atoms with E-state index < -0.39 is 0 Å². The van der Waals surface area contributed by atoms with Crippen molar-refractivity contribution in [1.29, 1.82) is 0 Å². The average Bonchev–Trinajstić information content (AvgIpc) is 3.18. The molecule has 0 aromatic carbocycles. The largest absolute Gasteiger partial charge is 0.351 e. The lowest BCUT2D eigenvalue weighted by Crippen LogP contribution is -2.29. The van der Waals surface area contributed by atoms with Crippen molar-refractivity contribution in [2.75, 3.05) is 6.54 Å². The Bertz CT molecular complexity index is 862. The van der Waals surface area contributed by atoms with Crippen molar-refractivity contribution in [2.45, 2.75) is 6.54 Å². The number of hydrogen-bond donors (Lipinski definition) is 1. The summed E-state index contributed by atoms with van der Waals surface area (Å²) in [6.45, 7) is 0.779. The summed E-state index contributed by atoms with van der Waals surface area (Å²) in [6.07, 6.45) is 4.79. The van der Waals surface area contributed by atoms with E-state index in [0.717, 1.165) is 9.71 Å². The van der Waals surface area contributed by atoms with Crippen molar-refractivity contribution in [3.8, 4) is 0 Å². The van der Waals surface area contributed by atoms with E-state index >= 15 is 0 Å². The molecule has 1 amide bonds. The monoisotopic (exact) mass is 331 g/mol. The number of amides is 1. The molecule has 22 heavy (non-hydrogen) atoms. The highest BCUT2D eigenvalue weighted by Gasteiger charge is 2.04. The lowest BCUT2D eigenvalue weighted by molar-refractivity contribution is -0.116. The van der Waals surface area contributed by atoms with Crippen LogP contribution in [0.3, 0.4) is 0 Å². The smallest absolute Gasteiger partial charge is 0.262 e. The fraction of sp³-hybridized carbons (Fsp3) is 0.133. The molecule has 0 radical (unpaired) electrons. The molecule has 7 heteroatoms. The standard InChI is InChI=1S/C15H13N3O2S2/c19-13(4-3-11-2-1-8-21-11)16-6-7-18-10-17-14-12(15(18)20)5-9-22-14/h1-5,8-10H,6-7H2,(H,16,19)/b4-3+. The Morgan fingerprint density at radius 2 is 2.23 bits per heavy atom. The molecule has 0 saturated heterocycles. The Balaban J connectivity index is 1.57. The molecule has 3 rings (SSSR count). The Labute approximate surface area is 134 Å². The van der Waals surface area contributed by atoms with Gasteiger partial charge in [0.1, 0.15) is 4.83 Å². The van der Waals surface area contributed by atoms with Crippen LogP contribution in [0.25, 0.3) is 16.3 Å². The summed E-state index contributed by atoms with van der Waals surface area (Å²) >= 11 is 3.01. The summed E-state index contributed by atoms with van der Waals surface area (Å²) in [5.74, 6) is -0.175. The van der Waals surface area contributed by atoms with Crippen LogP contribution in [0.15, 0.2) is 46.2 Å². The first-order valence-corrected chi connectivity index (χ1v) is 8.42. The number of fused-ring (bicyclic) bond motifs is 1. The number of aromatic nitrogens is 2. The molecule has 0 atom stereocenters. The van der Waals surface area contributed by atoms with Gasteiger partial charge >= 0.3 is 0 Å². The van der Waals surface area contributed by atoms with Crippen molar-refractivity contribution in [3.63, 3.8) is 0 Å². The molecule has 0 aliphatic heterocycles. The number of nitrogens with one attached hydrogen (secondary N) is 1. The summed E-state index contributed by atoms with van der Waals surface area (Å²) in [4.78, 5) is 29.8. The van der Waals surface area contributed by atoms with Crippen LogP contribution in [0, 0.1) is 0 Å². The van der Waals surface area contributed by atoms with Crippen molar-refractivity contribution in [2.24, 2.45) is 0 Å². The molecule has 1 N–H and O–H groups in total. The molecule has 112 valence electrons. The van der Waals surface area contributed by atoms with E-state index in [1.807, 2.05) is 22.9 Å². The van der Waals surface area contributed by atoms with Crippen molar-refractivity contribution < 1.29 is 4.79 Å². The first-order chi connectivity index (χ1) is 10.7. The van der Waals surface area contributed by atoms with Crippen molar-refractivity contribution in [3.05, 3.63) is 56.6 Å². The highest BCUT2D eigenvalue weighted by Crippen LogP contribution is 2.13. The summed E-state index contributed by atoms with van der Waals surface area (Å²) < 4.78 is 1.51. The fourth-order valence-corrected chi connectivity index (χ4v) is 3.30. The van der Waals surface area contributed by atoms with Gasteiger partial charge in [-0.2, -0.15) is 0 Å². The minimum absolute atomic E-state index is 0.0744. The van der Waals surface area contributed by atoms with Crippen molar-refractivity contribution >= 4 is 44.9 Å². The molecule has 3 aromatic rings. The second-order valence-electron chi connectivity index (χ2n) is 4.52. The van der Waals surface area contributed by atoms with Gasteiger partial charge in [0.05, 0.1) is 11.7 Å². The molecule has 0 bridgehead atoms. The SMILES string of the molecule is O=C(/C=C/c1cccs1)NCCn1cnc2sccc2c1=O. The Kier molecular flexibility index (Phi) is 4.45. The molecule has 0 unspecified atom stereocenters. The van der Waals surface area contributed by atoms with Crippen LogP contribution in [0.1, 0.15) is 4.88 Å².